The molecule has 1 saturated heterocycles. The van der Waals surface area contributed by atoms with E-state index in [1.54, 1.807) is 13.0 Å². The summed E-state index contributed by atoms with van der Waals surface area (Å²) in [5.74, 6) is 1.05. The van der Waals surface area contributed by atoms with Crippen LogP contribution in [0.2, 0.25) is 0 Å². The van der Waals surface area contributed by atoms with E-state index in [9.17, 15) is 9.59 Å². The molecule has 1 amide bonds. The van der Waals surface area contributed by atoms with Crippen LogP contribution >= 0.6 is 0 Å². The van der Waals surface area contributed by atoms with Crippen LogP contribution in [0.5, 0.6) is 0 Å². The van der Waals surface area contributed by atoms with E-state index in [1.165, 1.54) is 23.6 Å². The van der Waals surface area contributed by atoms with Crippen molar-refractivity contribution in [1.82, 2.24) is 20.0 Å². The molecule has 8 nitrogen and oxygen atoms in total. The van der Waals surface area contributed by atoms with Crippen LogP contribution < -0.4 is 15.8 Å². The van der Waals surface area contributed by atoms with Gasteiger partial charge < -0.3 is 10.2 Å². The number of aromatic nitrogens is 4. The molecule has 2 aromatic heterocycles. The van der Waals surface area contributed by atoms with Gasteiger partial charge >= 0.3 is 0 Å². The molecule has 3 aromatic rings. The van der Waals surface area contributed by atoms with Gasteiger partial charge in [0.25, 0.3) is 5.56 Å². The van der Waals surface area contributed by atoms with Crippen LogP contribution in [0.15, 0.2) is 53.3 Å². The smallest absolute Gasteiger partial charge is 0.267 e. The quantitative estimate of drug-likeness (QED) is 0.644. The molecule has 5 rings (SSSR count). The molecule has 0 radical (unpaired) electrons. The van der Waals surface area contributed by atoms with Crippen molar-refractivity contribution in [3.63, 3.8) is 0 Å². The van der Waals surface area contributed by atoms with Gasteiger partial charge in [-0.3, -0.25) is 9.59 Å². The Hall–Kier alpha value is -3.55. The summed E-state index contributed by atoms with van der Waals surface area (Å²) in [4.78, 5) is 27.2. The van der Waals surface area contributed by atoms with Gasteiger partial charge in [-0.2, -0.15) is 5.10 Å². The number of nitrogens with one attached hydrogen (secondary N) is 1. The third-order valence-electron chi connectivity index (χ3n) is 6.12. The van der Waals surface area contributed by atoms with Crippen LogP contribution in [0.1, 0.15) is 50.3 Å². The van der Waals surface area contributed by atoms with Gasteiger partial charge in [-0.05, 0) is 62.9 Å². The summed E-state index contributed by atoms with van der Waals surface area (Å²) in [5, 5.41) is 16.0. The van der Waals surface area contributed by atoms with Crippen molar-refractivity contribution in [2.24, 2.45) is 0 Å². The van der Waals surface area contributed by atoms with Gasteiger partial charge in [0.05, 0.1) is 11.4 Å². The number of nitrogens with zero attached hydrogens (tertiary/aromatic N) is 5. The van der Waals surface area contributed by atoms with E-state index in [1.807, 2.05) is 36.4 Å². The van der Waals surface area contributed by atoms with Crippen molar-refractivity contribution in [1.29, 1.82) is 0 Å². The van der Waals surface area contributed by atoms with Gasteiger partial charge in [0, 0.05) is 36.3 Å². The highest BCUT2D eigenvalue weighted by Gasteiger charge is 2.27. The lowest BCUT2D eigenvalue weighted by Gasteiger charge is -2.16. The third kappa shape index (κ3) is 4.26. The van der Waals surface area contributed by atoms with Crippen LogP contribution in [0.3, 0.4) is 0 Å². The summed E-state index contributed by atoms with van der Waals surface area (Å²) in [6.07, 6.45) is 4.57. The molecule has 2 fully saturated rings. The van der Waals surface area contributed by atoms with E-state index in [4.69, 9.17) is 0 Å². The fourth-order valence-electron chi connectivity index (χ4n) is 3.99. The maximum Gasteiger partial charge on any atom is 0.267 e. The monoisotopic (exact) mass is 430 g/mol. The molecule has 32 heavy (non-hydrogen) atoms. The number of amides is 1. The fraction of sp³-hybridized carbons (Fsp3) is 0.375. The number of benzene rings is 1. The summed E-state index contributed by atoms with van der Waals surface area (Å²) in [6.45, 7) is 3.76. The van der Waals surface area contributed by atoms with Crippen LogP contribution in [0, 0.1) is 0 Å². The first kappa shape index (κ1) is 20.4. The van der Waals surface area contributed by atoms with E-state index in [0.717, 1.165) is 48.7 Å². The Kier molecular flexibility index (Phi) is 5.43. The van der Waals surface area contributed by atoms with Gasteiger partial charge in [0.15, 0.2) is 5.82 Å². The van der Waals surface area contributed by atoms with Crippen LogP contribution in [0.25, 0.3) is 11.3 Å². The zero-order chi connectivity index (χ0) is 22.1. The van der Waals surface area contributed by atoms with Gasteiger partial charge in [-0.1, -0.05) is 12.1 Å². The molecule has 1 saturated carbocycles. The van der Waals surface area contributed by atoms with Crippen molar-refractivity contribution < 1.29 is 4.79 Å². The largest absolute Gasteiger partial charge is 0.355 e. The Morgan fingerprint density at radius 3 is 2.41 bits per heavy atom. The second-order valence-corrected chi connectivity index (χ2v) is 8.53. The zero-order valence-electron chi connectivity index (χ0n) is 18.1. The molecule has 1 atom stereocenters. The normalized spacial score (nSPS) is 16.7. The molecule has 2 aliphatic rings. The number of rotatable bonds is 6. The zero-order valence-corrected chi connectivity index (χ0v) is 18.1. The molecular formula is C24H26N6O2. The maximum absolute atomic E-state index is 12.7. The standard InChI is InChI=1S/C24H26N6O2/c1-16(30-23(31)13-11-21(28-30)18-4-5-18)24(32)25-19-8-6-17(7-9-19)20-10-12-22(27-26-20)29-14-2-3-15-29/h6-13,16,18H,2-5,14-15H2,1H3,(H,25,32). The van der Waals surface area contributed by atoms with E-state index in [-0.39, 0.29) is 11.5 Å². The van der Waals surface area contributed by atoms with Crippen molar-refractivity contribution >= 4 is 17.4 Å². The number of carbonyl (C=O) groups is 1. The average Bonchev–Trinajstić information content (AvgIpc) is 3.53. The summed E-state index contributed by atoms with van der Waals surface area (Å²) < 4.78 is 1.27. The van der Waals surface area contributed by atoms with Crippen molar-refractivity contribution in [2.45, 2.75) is 44.6 Å². The highest BCUT2D eigenvalue weighted by atomic mass is 16.2. The molecule has 3 heterocycles. The molecule has 1 aliphatic heterocycles. The molecule has 1 aromatic carbocycles. The highest BCUT2D eigenvalue weighted by Crippen LogP contribution is 2.38. The van der Waals surface area contributed by atoms with Crippen molar-refractivity contribution in [2.75, 3.05) is 23.3 Å². The van der Waals surface area contributed by atoms with E-state index < -0.39 is 6.04 Å². The van der Waals surface area contributed by atoms with E-state index >= 15 is 0 Å². The lowest BCUT2D eigenvalue weighted by molar-refractivity contribution is -0.119. The number of hydrogen-bond acceptors (Lipinski definition) is 6. The minimum Gasteiger partial charge on any atom is -0.355 e. The maximum atomic E-state index is 12.7. The van der Waals surface area contributed by atoms with Crippen LogP contribution in [-0.2, 0) is 4.79 Å². The first-order valence-electron chi connectivity index (χ1n) is 11.2. The van der Waals surface area contributed by atoms with Crippen molar-refractivity contribution in [3.05, 3.63) is 64.6 Å². The van der Waals surface area contributed by atoms with Gasteiger partial charge in [-0.25, -0.2) is 4.68 Å². The molecule has 0 bridgehead atoms. The molecule has 8 heteroatoms. The van der Waals surface area contributed by atoms with E-state index in [0.29, 0.717) is 11.6 Å². The van der Waals surface area contributed by atoms with E-state index in [2.05, 4.69) is 25.5 Å². The molecule has 1 unspecified atom stereocenters. The Bertz CT molecular complexity index is 1160. The third-order valence-corrected chi connectivity index (χ3v) is 6.12. The topological polar surface area (TPSA) is 93.0 Å². The van der Waals surface area contributed by atoms with Gasteiger partial charge in [0.2, 0.25) is 5.91 Å². The van der Waals surface area contributed by atoms with Crippen LogP contribution in [0.4, 0.5) is 11.5 Å². The summed E-state index contributed by atoms with van der Waals surface area (Å²) in [7, 11) is 0. The fourth-order valence-corrected chi connectivity index (χ4v) is 3.99. The molecule has 164 valence electrons. The SMILES string of the molecule is CC(C(=O)Nc1ccc(-c2ccc(N3CCCC3)nn2)cc1)n1nc(C2CC2)ccc1=O. The second-order valence-electron chi connectivity index (χ2n) is 8.53. The second kappa shape index (κ2) is 8.53. The average molecular weight is 431 g/mol. The van der Waals surface area contributed by atoms with Crippen molar-refractivity contribution in [3.8, 4) is 11.3 Å². The summed E-state index contributed by atoms with van der Waals surface area (Å²) >= 11 is 0. The number of anilines is 2. The lowest BCUT2D eigenvalue weighted by atomic mass is 10.1. The number of carbonyl (C=O) groups excluding carboxylic acids is 1. The Morgan fingerprint density at radius 2 is 1.75 bits per heavy atom. The predicted octanol–water partition coefficient (Wildman–Crippen LogP) is 3.38. The van der Waals surface area contributed by atoms with Crippen LogP contribution in [-0.4, -0.2) is 39.0 Å². The summed E-state index contributed by atoms with van der Waals surface area (Å²) in [6, 6.07) is 14.0. The Labute approximate surface area is 186 Å². The van der Waals surface area contributed by atoms with Gasteiger partial charge in [0.1, 0.15) is 6.04 Å². The molecule has 1 N–H and O–H groups in total. The molecule has 1 aliphatic carbocycles. The molecular weight excluding hydrogens is 404 g/mol. The minimum atomic E-state index is -0.704. The number of hydrogen-bond donors (Lipinski definition) is 1. The Morgan fingerprint density at radius 1 is 1.00 bits per heavy atom. The predicted molar refractivity (Wildman–Crippen MR) is 123 cm³/mol. The minimum absolute atomic E-state index is 0.275. The first-order chi connectivity index (χ1) is 15.6. The summed E-state index contributed by atoms with van der Waals surface area (Å²) in [5.41, 5.74) is 2.96. The first-order valence-corrected chi connectivity index (χ1v) is 11.2. The lowest BCUT2D eigenvalue weighted by Crippen LogP contribution is -2.33. The Balaban J connectivity index is 1.26. The molecule has 0 spiro atoms. The highest BCUT2D eigenvalue weighted by molar-refractivity contribution is 5.93. The van der Waals surface area contributed by atoms with Gasteiger partial charge in [-0.15, -0.1) is 10.2 Å².